The standard InChI is InChI=1S/C10H19NO2/c1-8(12)13-7-6-9-2-4-10(11)5-3-9/h9-10H,2-7,11H2,1H3/t9-,10+. The van der Waals surface area contributed by atoms with Crippen LogP contribution in [0.1, 0.15) is 39.0 Å². The summed E-state index contributed by atoms with van der Waals surface area (Å²) in [6, 6.07) is 0.407. The first-order valence-corrected chi connectivity index (χ1v) is 5.07. The minimum Gasteiger partial charge on any atom is -0.466 e. The number of esters is 1. The molecule has 0 bridgehead atoms. The van der Waals surface area contributed by atoms with Crippen LogP contribution in [0.25, 0.3) is 0 Å². The maximum atomic E-state index is 10.5. The van der Waals surface area contributed by atoms with Gasteiger partial charge in [-0.1, -0.05) is 0 Å². The highest BCUT2D eigenvalue weighted by Crippen LogP contribution is 2.25. The third-order valence-corrected chi connectivity index (χ3v) is 2.72. The van der Waals surface area contributed by atoms with Gasteiger partial charge in [0.25, 0.3) is 0 Å². The molecule has 1 saturated carbocycles. The zero-order chi connectivity index (χ0) is 9.68. The summed E-state index contributed by atoms with van der Waals surface area (Å²) in [5, 5.41) is 0. The highest BCUT2D eigenvalue weighted by Gasteiger charge is 2.18. The molecule has 76 valence electrons. The van der Waals surface area contributed by atoms with E-state index in [0.717, 1.165) is 25.2 Å². The second kappa shape index (κ2) is 5.22. The molecule has 0 aromatic heterocycles. The second-order valence-electron chi connectivity index (χ2n) is 3.91. The topological polar surface area (TPSA) is 52.3 Å². The van der Waals surface area contributed by atoms with Gasteiger partial charge in [0.05, 0.1) is 6.61 Å². The van der Waals surface area contributed by atoms with Gasteiger partial charge in [0, 0.05) is 13.0 Å². The van der Waals surface area contributed by atoms with Crippen molar-refractivity contribution in [2.45, 2.75) is 45.1 Å². The van der Waals surface area contributed by atoms with E-state index in [9.17, 15) is 4.79 Å². The summed E-state index contributed by atoms with van der Waals surface area (Å²) < 4.78 is 4.90. The van der Waals surface area contributed by atoms with Gasteiger partial charge in [0.15, 0.2) is 0 Å². The lowest BCUT2D eigenvalue weighted by Gasteiger charge is -2.25. The van der Waals surface area contributed by atoms with Crippen molar-refractivity contribution in [3.8, 4) is 0 Å². The van der Waals surface area contributed by atoms with Gasteiger partial charge in [-0.25, -0.2) is 0 Å². The van der Waals surface area contributed by atoms with Crippen LogP contribution in [0.2, 0.25) is 0 Å². The van der Waals surface area contributed by atoms with E-state index in [2.05, 4.69) is 0 Å². The third-order valence-electron chi connectivity index (χ3n) is 2.72. The predicted molar refractivity (Wildman–Crippen MR) is 51.2 cm³/mol. The minimum atomic E-state index is -0.174. The van der Waals surface area contributed by atoms with Crippen LogP contribution in [0.5, 0.6) is 0 Å². The molecule has 1 rings (SSSR count). The number of rotatable bonds is 3. The molecule has 2 N–H and O–H groups in total. The van der Waals surface area contributed by atoms with E-state index in [1.807, 2.05) is 0 Å². The molecule has 1 aliphatic carbocycles. The quantitative estimate of drug-likeness (QED) is 0.677. The molecule has 0 aromatic carbocycles. The Labute approximate surface area is 79.6 Å². The first-order valence-electron chi connectivity index (χ1n) is 5.07. The lowest BCUT2D eigenvalue weighted by molar-refractivity contribution is -0.141. The van der Waals surface area contributed by atoms with Crippen LogP contribution in [-0.2, 0) is 9.53 Å². The summed E-state index contributed by atoms with van der Waals surface area (Å²) in [5.41, 5.74) is 5.79. The summed E-state index contributed by atoms with van der Waals surface area (Å²) >= 11 is 0. The lowest BCUT2D eigenvalue weighted by atomic mass is 9.85. The van der Waals surface area contributed by atoms with Crippen LogP contribution < -0.4 is 5.73 Å². The second-order valence-corrected chi connectivity index (χ2v) is 3.91. The summed E-state index contributed by atoms with van der Waals surface area (Å²) in [7, 11) is 0. The average Bonchev–Trinajstić information content (AvgIpc) is 2.08. The summed E-state index contributed by atoms with van der Waals surface area (Å²) in [5.74, 6) is 0.548. The molecule has 1 fully saturated rings. The van der Waals surface area contributed by atoms with E-state index < -0.39 is 0 Å². The van der Waals surface area contributed by atoms with Crippen LogP contribution in [0, 0.1) is 5.92 Å². The molecule has 1 aliphatic rings. The highest BCUT2D eigenvalue weighted by molar-refractivity contribution is 5.65. The molecule has 0 spiro atoms. The Bertz CT molecular complexity index is 162. The Morgan fingerprint density at radius 1 is 1.38 bits per heavy atom. The summed E-state index contributed by atoms with van der Waals surface area (Å²) in [6.45, 7) is 2.03. The molecule has 0 amide bonds. The fourth-order valence-corrected chi connectivity index (χ4v) is 1.85. The third kappa shape index (κ3) is 4.27. The summed E-state index contributed by atoms with van der Waals surface area (Å²) in [6.07, 6.45) is 5.66. The molecular weight excluding hydrogens is 166 g/mol. The van der Waals surface area contributed by atoms with Crippen molar-refractivity contribution in [3.63, 3.8) is 0 Å². The molecule has 13 heavy (non-hydrogen) atoms. The minimum absolute atomic E-state index is 0.174. The first-order chi connectivity index (χ1) is 6.18. The number of carbonyl (C=O) groups excluding carboxylic acids is 1. The van der Waals surface area contributed by atoms with Crippen molar-refractivity contribution in [1.82, 2.24) is 0 Å². The Balaban J connectivity index is 2.05. The molecular formula is C10H19NO2. The fraction of sp³-hybridized carbons (Fsp3) is 0.900. The molecule has 0 unspecified atom stereocenters. The van der Waals surface area contributed by atoms with Crippen molar-refractivity contribution in [1.29, 1.82) is 0 Å². The number of hydrogen-bond acceptors (Lipinski definition) is 3. The van der Waals surface area contributed by atoms with Crippen molar-refractivity contribution in [2.24, 2.45) is 11.7 Å². The molecule has 0 atom stereocenters. The van der Waals surface area contributed by atoms with Gasteiger partial charge < -0.3 is 10.5 Å². The first kappa shape index (κ1) is 10.5. The van der Waals surface area contributed by atoms with Gasteiger partial charge in [0.1, 0.15) is 0 Å². The Morgan fingerprint density at radius 2 is 2.00 bits per heavy atom. The zero-order valence-electron chi connectivity index (χ0n) is 8.29. The maximum Gasteiger partial charge on any atom is 0.302 e. The smallest absolute Gasteiger partial charge is 0.302 e. The zero-order valence-corrected chi connectivity index (χ0v) is 8.29. The molecule has 3 heteroatoms. The van der Waals surface area contributed by atoms with E-state index in [0.29, 0.717) is 12.6 Å². The van der Waals surface area contributed by atoms with E-state index >= 15 is 0 Å². The number of carbonyl (C=O) groups is 1. The summed E-state index contributed by atoms with van der Waals surface area (Å²) in [4.78, 5) is 10.5. The number of ether oxygens (including phenoxy) is 1. The van der Waals surface area contributed by atoms with Crippen molar-refractivity contribution < 1.29 is 9.53 Å². The number of nitrogens with two attached hydrogens (primary N) is 1. The molecule has 0 aliphatic heterocycles. The van der Waals surface area contributed by atoms with Crippen LogP contribution in [-0.4, -0.2) is 18.6 Å². The van der Waals surface area contributed by atoms with Crippen LogP contribution in [0.3, 0.4) is 0 Å². The predicted octanol–water partition coefficient (Wildman–Crippen LogP) is 1.46. The van der Waals surface area contributed by atoms with E-state index in [1.54, 1.807) is 0 Å². The van der Waals surface area contributed by atoms with Gasteiger partial charge in [-0.2, -0.15) is 0 Å². The van der Waals surface area contributed by atoms with Gasteiger partial charge in [-0.15, -0.1) is 0 Å². The van der Waals surface area contributed by atoms with Crippen LogP contribution in [0.15, 0.2) is 0 Å². The Morgan fingerprint density at radius 3 is 2.54 bits per heavy atom. The van der Waals surface area contributed by atoms with Crippen molar-refractivity contribution in [3.05, 3.63) is 0 Å². The fourth-order valence-electron chi connectivity index (χ4n) is 1.85. The maximum absolute atomic E-state index is 10.5. The molecule has 0 heterocycles. The molecule has 0 radical (unpaired) electrons. The monoisotopic (exact) mass is 185 g/mol. The lowest BCUT2D eigenvalue weighted by Crippen LogP contribution is -2.27. The molecule has 0 aromatic rings. The van der Waals surface area contributed by atoms with E-state index in [4.69, 9.17) is 10.5 Å². The normalized spacial score (nSPS) is 28.5. The largest absolute Gasteiger partial charge is 0.466 e. The van der Waals surface area contributed by atoms with Gasteiger partial charge >= 0.3 is 5.97 Å². The molecule has 0 saturated heterocycles. The number of hydrogen-bond donors (Lipinski definition) is 1. The Hall–Kier alpha value is -0.570. The Kier molecular flexibility index (Phi) is 4.22. The van der Waals surface area contributed by atoms with E-state index in [1.165, 1.54) is 19.8 Å². The average molecular weight is 185 g/mol. The highest BCUT2D eigenvalue weighted by atomic mass is 16.5. The van der Waals surface area contributed by atoms with Gasteiger partial charge in [-0.3, -0.25) is 4.79 Å². The van der Waals surface area contributed by atoms with Gasteiger partial charge in [-0.05, 0) is 38.0 Å². The molecule has 3 nitrogen and oxygen atoms in total. The van der Waals surface area contributed by atoms with Gasteiger partial charge in [0.2, 0.25) is 0 Å². The van der Waals surface area contributed by atoms with Crippen molar-refractivity contribution >= 4 is 5.97 Å². The van der Waals surface area contributed by atoms with Crippen LogP contribution in [0.4, 0.5) is 0 Å². The van der Waals surface area contributed by atoms with Crippen LogP contribution >= 0.6 is 0 Å². The SMILES string of the molecule is CC(=O)OCC[C@H]1CC[C@@H](N)CC1. The van der Waals surface area contributed by atoms with Crippen molar-refractivity contribution in [2.75, 3.05) is 6.61 Å². The van der Waals surface area contributed by atoms with E-state index in [-0.39, 0.29) is 5.97 Å².